The van der Waals surface area contributed by atoms with Gasteiger partial charge in [-0.25, -0.2) is 4.79 Å². The van der Waals surface area contributed by atoms with Gasteiger partial charge in [0.05, 0.1) is 5.56 Å². The Morgan fingerprint density at radius 3 is 2.27 bits per heavy atom. The number of aromatic nitrogens is 1. The number of hydrogen-bond acceptors (Lipinski definition) is 5. The molecule has 0 aliphatic carbocycles. The standard InChI is InChI=1S/C21H15BrF3N4O4/c1-29(32)19(30)18-11-15(8-9-26-18)33-14-5-2-12(3-6-14)27-20(31)28-13-4-7-17(22)16(10-13)21(23,24)25/h2-11H,1H3,(H2,27,28,31)/q-1. The number of carbonyl (C=O) groups is 2. The second kappa shape index (κ2) is 9.88. The van der Waals surface area contributed by atoms with Gasteiger partial charge in [-0.15, -0.1) is 0 Å². The maximum absolute atomic E-state index is 13.0. The average molecular weight is 524 g/mol. The molecule has 3 rings (SSSR count). The SMILES string of the molecule is CN([O-])C(=O)c1cc(Oc2ccc(NC(=O)Nc3ccc(Br)c(C(F)(F)F)c3)cc2)ccn1. The number of pyridine rings is 1. The van der Waals surface area contributed by atoms with E-state index in [0.717, 1.165) is 13.1 Å². The quantitative estimate of drug-likeness (QED) is 0.406. The first-order valence-corrected chi connectivity index (χ1v) is 9.96. The van der Waals surface area contributed by atoms with Crippen LogP contribution >= 0.6 is 15.9 Å². The smallest absolute Gasteiger partial charge is 0.417 e. The molecule has 0 radical (unpaired) electrons. The number of anilines is 2. The van der Waals surface area contributed by atoms with E-state index in [1.165, 1.54) is 54.7 Å². The molecule has 0 aliphatic heterocycles. The highest BCUT2D eigenvalue weighted by Crippen LogP contribution is 2.36. The highest BCUT2D eigenvalue weighted by Gasteiger charge is 2.33. The predicted octanol–water partition coefficient (Wildman–Crippen LogP) is 5.87. The van der Waals surface area contributed by atoms with Gasteiger partial charge in [0, 0.05) is 28.1 Å². The molecule has 172 valence electrons. The van der Waals surface area contributed by atoms with Crippen molar-refractivity contribution in [1.82, 2.24) is 10.0 Å². The van der Waals surface area contributed by atoms with E-state index in [1.54, 1.807) is 0 Å². The van der Waals surface area contributed by atoms with Gasteiger partial charge in [-0.2, -0.15) is 13.2 Å². The number of hydroxylamine groups is 2. The Morgan fingerprint density at radius 2 is 1.64 bits per heavy atom. The molecule has 1 aromatic heterocycles. The number of urea groups is 1. The molecule has 2 aromatic carbocycles. The summed E-state index contributed by atoms with van der Waals surface area (Å²) in [4.78, 5) is 27.7. The summed E-state index contributed by atoms with van der Waals surface area (Å²) >= 11 is 2.84. The maximum atomic E-state index is 13.0. The van der Waals surface area contributed by atoms with E-state index in [1.807, 2.05) is 0 Å². The van der Waals surface area contributed by atoms with E-state index in [0.29, 0.717) is 11.4 Å². The van der Waals surface area contributed by atoms with Crippen molar-refractivity contribution in [2.45, 2.75) is 6.18 Å². The molecule has 0 aliphatic rings. The Labute approximate surface area is 194 Å². The summed E-state index contributed by atoms with van der Waals surface area (Å²) in [6.45, 7) is 0. The van der Waals surface area contributed by atoms with Crippen LogP contribution in [0.1, 0.15) is 16.1 Å². The van der Waals surface area contributed by atoms with Crippen molar-refractivity contribution in [3.8, 4) is 11.5 Å². The number of carbonyl (C=O) groups excluding carboxylic acids is 2. The zero-order valence-electron chi connectivity index (χ0n) is 16.8. The molecule has 1 heterocycles. The van der Waals surface area contributed by atoms with E-state index in [4.69, 9.17) is 4.74 Å². The Balaban J connectivity index is 1.63. The minimum atomic E-state index is -4.57. The molecule has 3 aromatic rings. The first kappa shape index (κ1) is 24.0. The number of hydrogen-bond donors (Lipinski definition) is 2. The van der Waals surface area contributed by atoms with Gasteiger partial charge in [0.1, 0.15) is 17.2 Å². The minimum absolute atomic E-state index is 0.0326. The fourth-order valence-electron chi connectivity index (χ4n) is 2.61. The van der Waals surface area contributed by atoms with Crippen molar-refractivity contribution >= 4 is 39.2 Å². The lowest BCUT2D eigenvalue weighted by molar-refractivity contribution is -0.138. The lowest BCUT2D eigenvalue weighted by Gasteiger charge is -2.21. The third kappa shape index (κ3) is 6.43. The van der Waals surface area contributed by atoms with Crippen molar-refractivity contribution < 1.29 is 27.5 Å². The third-order valence-electron chi connectivity index (χ3n) is 4.11. The fourth-order valence-corrected chi connectivity index (χ4v) is 3.08. The molecule has 12 heteroatoms. The summed E-state index contributed by atoms with van der Waals surface area (Å²) in [6, 6.07) is 11.5. The van der Waals surface area contributed by atoms with Gasteiger partial charge in [-0.3, -0.25) is 9.78 Å². The Morgan fingerprint density at radius 1 is 1.00 bits per heavy atom. The summed E-state index contributed by atoms with van der Waals surface area (Å²) in [5.41, 5.74) is -0.674. The van der Waals surface area contributed by atoms with Gasteiger partial charge >= 0.3 is 12.2 Å². The van der Waals surface area contributed by atoms with Crippen LogP contribution in [-0.2, 0) is 6.18 Å². The van der Waals surface area contributed by atoms with Crippen LogP contribution in [0.3, 0.4) is 0 Å². The highest BCUT2D eigenvalue weighted by atomic mass is 79.9. The lowest BCUT2D eigenvalue weighted by Crippen LogP contribution is -2.20. The Bertz CT molecular complexity index is 1170. The fraction of sp³-hybridized carbons (Fsp3) is 0.0952. The zero-order chi connectivity index (χ0) is 24.2. The average Bonchev–Trinajstić information content (AvgIpc) is 2.75. The molecule has 33 heavy (non-hydrogen) atoms. The highest BCUT2D eigenvalue weighted by molar-refractivity contribution is 9.10. The van der Waals surface area contributed by atoms with Crippen molar-refractivity contribution in [3.63, 3.8) is 0 Å². The third-order valence-corrected chi connectivity index (χ3v) is 4.81. The second-order valence-corrected chi connectivity index (χ2v) is 7.43. The maximum Gasteiger partial charge on any atom is 0.417 e. The van der Waals surface area contributed by atoms with Gasteiger partial charge in [-0.1, -0.05) is 15.9 Å². The van der Waals surface area contributed by atoms with Crippen LogP contribution in [0.4, 0.5) is 29.3 Å². The van der Waals surface area contributed by atoms with Crippen LogP contribution in [0.25, 0.3) is 0 Å². The van der Waals surface area contributed by atoms with Crippen molar-refractivity contribution in [1.29, 1.82) is 0 Å². The van der Waals surface area contributed by atoms with Gasteiger partial charge in [0.25, 0.3) is 5.91 Å². The topological polar surface area (TPSA) is 107 Å². The molecule has 2 N–H and O–H groups in total. The minimum Gasteiger partial charge on any atom is -0.756 e. The molecule has 0 atom stereocenters. The van der Waals surface area contributed by atoms with Crippen LogP contribution in [0.15, 0.2) is 65.3 Å². The molecular weight excluding hydrogens is 509 g/mol. The van der Waals surface area contributed by atoms with Crippen LogP contribution in [0.5, 0.6) is 11.5 Å². The zero-order valence-corrected chi connectivity index (χ0v) is 18.4. The summed E-state index contributed by atoms with van der Waals surface area (Å²) in [5.74, 6) is -0.188. The lowest BCUT2D eigenvalue weighted by atomic mass is 10.2. The molecule has 3 amide bonds. The number of benzene rings is 2. The molecule has 8 nitrogen and oxygen atoms in total. The van der Waals surface area contributed by atoms with Gasteiger partial charge in [-0.05, 0) is 55.6 Å². The van der Waals surface area contributed by atoms with Crippen LogP contribution in [-0.4, -0.2) is 29.0 Å². The normalized spacial score (nSPS) is 11.0. The molecular formula is C21H15BrF3N4O4-. The Hall–Kier alpha value is -3.64. The molecule has 0 spiro atoms. The van der Waals surface area contributed by atoms with Crippen molar-refractivity contribution in [3.05, 3.63) is 81.7 Å². The van der Waals surface area contributed by atoms with Gasteiger partial charge in [0.15, 0.2) is 0 Å². The van der Waals surface area contributed by atoms with Gasteiger partial charge in [0.2, 0.25) is 0 Å². The first-order valence-electron chi connectivity index (χ1n) is 9.17. The number of rotatable bonds is 5. The number of halogens is 4. The van der Waals surface area contributed by atoms with E-state index >= 15 is 0 Å². The van der Waals surface area contributed by atoms with E-state index < -0.39 is 23.7 Å². The van der Waals surface area contributed by atoms with E-state index in [2.05, 4.69) is 31.5 Å². The van der Waals surface area contributed by atoms with E-state index in [-0.39, 0.29) is 26.7 Å². The number of nitrogens with one attached hydrogen (secondary N) is 2. The van der Waals surface area contributed by atoms with Gasteiger partial charge < -0.3 is 25.6 Å². The molecule has 0 saturated carbocycles. The Kier molecular flexibility index (Phi) is 7.19. The summed E-state index contributed by atoms with van der Waals surface area (Å²) in [6.07, 6.45) is -3.25. The molecule has 0 bridgehead atoms. The second-order valence-electron chi connectivity index (χ2n) is 6.58. The van der Waals surface area contributed by atoms with Crippen LogP contribution in [0.2, 0.25) is 0 Å². The molecule has 0 fully saturated rings. The predicted molar refractivity (Wildman–Crippen MR) is 118 cm³/mol. The first-order chi connectivity index (χ1) is 15.5. The number of alkyl halides is 3. The number of amides is 3. The summed E-state index contributed by atoms with van der Waals surface area (Å²) < 4.78 is 44.5. The largest absolute Gasteiger partial charge is 0.756 e. The van der Waals surface area contributed by atoms with Crippen molar-refractivity contribution in [2.24, 2.45) is 0 Å². The van der Waals surface area contributed by atoms with Crippen molar-refractivity contribution in [2.75, 3.05) is 17.7 Å². The van der Waals surface area contributed by atoms with Crippen LogP contribution < -0.4 is 15.4 Å². The molecule has 0 unspecified atom stereocenters. The van der Waals surface area contributed by atoms with Crippen LogP contribution in [0, 0.1) is 5.21 Å². The summed E-state index contributed by atoms with van der Waals surface area (Å²) in [7, 11) is 1.06. The molecule has 0 saturated heterocycles. The monoisotopic (exact) mass is 523 g/mol. The van der Waals surface area contributed by atoms with E-state index in [9.17, 15) is 28.0 Å². The number of nitrogens with zero attached hydrogens (tertiary/aromatic N) is 2. The summed E-state index contributed by atoms with van der Waals surface area (Å²) in [5, 5.41) is 16.1. The number of ether oxygens (including phenoxy) is 1.